The van der Waals surface area contributed by atoms with Crippen molar-refractivity contribution in [2.24, 2.45) is 0 Å². The molecule has 13 heavy (non-hydrogen) atoms. The van der Waals surface area contributed by atoms with E-state index in [0.29, 0.717) is 0 Å². The summed E-state index contributed by atoms with van der Waals surface area (Å²) in [7, 11) is -1.77. The van der Waals surface area contributed by atoms with Crippen LogP contribution in [-0.4, -0.2) is 14.2 Å². The second-order valence-corrected chi connectivity index (χ2v) is 8.43. The Labute approximate surface area is 116 Å². The molecule has 7 heteroatoms. The van der Waals surface area contributed by atoms with Crippen molar-refractivity contribution in [3.05, 3.63) is 0 Å². The summed E-state index contributed by atoms with van der Waals surface area (Å²) in [6.07, 6.45) is 0. The molecular formula is C6H15Cl3O2SiZr. The van der Waals surface area contributed by atoms with E-state index >= 15 is 0 Å². The number of hydrogen-bond donors (Lipinski definition) is 0. The van der Waals surface area contributed by atoms with Crippen LogP contribution in [-0.2, 0) is 32.1 Å². The maximum absolute atomic E-state index is 5.71. The van der Waals surface area contributed by atoms with Gasteiger partial charge in [0.25, 0.3) is 0 Å². The van der Waals surface area contributed by atoms with Crippen molar-refractivity contribution in [3.8, 4) is 0 Å². The number of hydrogen-bond acceptors (Lipinski definition) is 2. The average molecular weight is 345 g/mol. The van der Waals surface area contributed by atoms with Crippen molar-refractivity contribution in [1.29, 1.82) is 0 Å². The minimum Gasteiger partial charge on any atom is -1.00 e. The fourth-order valence-electron chi connectivity index (χ4n) is 0.758. The topological polar surface area (TPSA) is 18.5 Å². The fraction of sp³-hybridized carbons (Fsp3) is 1.00. The van der Waals surface area contributed by atoms with Crippen molar-refractivity contribution in [1.82, 2.24) is 0 Å². The Balaban J connectivity index is -0.000000135. The van der Waals surface area contributed by atoms with Crippen molar-refractivity contribution in [2.45, 2.75) is 39.5 Å². The first kappa shape index (κ1) is 24.2. The van der Waals surface area contributed by atoms with Crippen LogP contribution < -0.4 is 37.2 Å². The summed E-state index contributed by atoms with van der Waals surface area (Å²) in [6, 6.07) is 0. The molecule has 0 fully saturated rings. The van der Waals surface area contributed by atoms with Crippen LogP contribution in [0.4, 0.5) is 0 Å². The Morgan fingerprint density at radius 1 is 1.00 bits per heavy atom. The van der Waals surface area contributed by atoms with Gasteiger partial charge in [0, 0.05) is 0 Å². The maximum atomic E-state index is 5.71. The summed E-state index contributed by atoms with van der Waals surface area (Å²) in [5.41, 5.74) is -0.0632. The van der Waals surface area contributed by atoms with E-state index in [2.05, 4.69) is 33.9 Å². The van der Waals surface area contributed by atoms with Gasteiger partial charge in [0.2, 0.25) is 0 Å². The van der Waals surface area contributed by atoms with E-state index in [9.17, 15) is 0 Å². The fourth-order valence-corrected chi connectivity index (χ4v) is 2.58. The maximum Gasteiger partial charge on any atom is -1.00 e. The van der Waals surface area contributed by atoms with E-state index in [1.54, 1.807) is 0 Å². The molecule has 80 valence electrons. The van der Waals surface area contributed by atoms with Gasteiger partial charge >= 0.3 is 80.1 Å². The van der Waals surface area contributed by atoms with Crippen LogP contribution in [0.15, 0.2) is 0 Å². The van der Waals surface area contributed by atoms with Crippen LogP contribution >= 0.6 is 0 Å². The third kappa shape index (κ3) is 16.6. The third-order valence-electron chi connectivity index (χ3n) is 0.798. The molecule has 0 saturated carbocycles. The summed E-state index contributed by atoms with van der Waals surface area (Å²) >= 11 is 1.10. The van der Waals surface area contributed by atoms with Gasteiger partial charge in [-0.2, -0.15) is 0 Å². The normalized spacial score (nSPS) is 10.7. The van der Waals surface area contributed by atoms with E-state index in [1.165, 1.54) is 0 Å². The molecule has 0 aromatic rings. The number of rotatable bonds is 2. The molecule has 0 spiro atoms. The number of halogens is 3. The summed E-state index contributed by atoms with van der Waals surface area (Å²) < 4.78 is 11.0. The van der Waals surface area contributed by atoms with Crippen LogP contribution in [0, 0.1) is 0 Å². The predicted octanol–water partition coefficient (Wildman–Crippen LogP) is -7.01. The van der Waals surface area contributed by atoms with Gasteiger partial charge < -0.3 is 37.2 Å². The average Bonchev–Trinajstić information content (AvgIpc) is 1.60. The van der Waals surface area contributed by atoms with Crippen molar-refractivity contribution < 1.29 is 69.3 Å². The molecule has 2 nitrogen and oxygen atoms in total. The molecule has 0 atom stereocenters. The Morgan fingerprint density at radius 3 is 1.38 bits per heavy atom. The van der Waals surface area contributed by atoms with Crippen molar-refractivity contribution in [3.63, 3.8) is 0 Å². The molecule has 0 aromatic heterocycles. The quantitative estimate of drug-likeness (QED) is 0.464. The van der Waals surface area contributed by atoms with Gasteiger partial charge in [-0.1, -0.05) is 0 Å². The molecule has 0 aliphatic rings. The molecule has 0 bridgehead atoms. The zero-order chi connectivity index (χ0) is 8.41. The molecule has 0 amide bonds. The second kappa shape index (κ2) is 9.14. The van der Waals surface area contributed by atoms with E-state index in [-0.39, 0.29) is 42.8 Å². The summed E-state index contributed by atoms with van der Waals surface area (Å²) in [4.78, 5) is 0. The zero-order valence-corrected chi connectivity index (χ0v) is 14.2. The van der Waals surface area contributed by atoms with Gasteiger partial charge in [0.15, 0.2) is 0 Å². The Bertz CT molecular complexity index is 119. The largest absolute Gasteiger partial charge is 1.00 e. The third-order valence-corrected chi connectivity index (χ3v) is 6.02. The van der Waals surface area contributed by atoms with Crippen LogP contribution in [0.2, 0.25) is 13.1 Å². The van der Waals surface area contributed by atoms with Gasteiger partial charge in [-0.15, -0.1) is 0 Å². The minimum absolute atomic E-state index is 0. The Hall–Kier alpha value is 1.89. The molecular weight excluding hydrogens is 330 g/mol. The van der Waals surface area contributed by atoms with Crippen LogP contribution in [0.1, 0.15) is 20.8 Å². The van der Waals surface area contributed by atoms with Crippen LogP contribution in [0.25, 0.3) is 0 Å². The van der Waals surface area contributed by atoms with Gasteiger partial charge in [-0.3, -0.25) is 0 Å². The molecule has 0 aliphatic carbocycles. The molecule has 0 aromatic carbocycles. The smallest absolute Gasteiger partial charge is 1.00 e. The van der Waals surface area contributed by atoms with Crippen LogP contribution in [0.3, 0.4) is 0 Å². The molecule has 0 saturated heterocycles. The van der Waals surface area contributed by atoms with Gasteiger partial charge in [-0.05, 0) is 0 Å². The zero-order valence-electron chi connectivity index (χ0n) is 8.45. The second-order valence-electron chi connectivity index (χ2n) is 3.72. The van der Waals surface area contributed by atoms with E-state index in [4.69, 9.17) is 6.93 Å². The van der Waals surface area contributed by atoms with Gasteiger partial charge in [0.1, 0.15) is 0 Å². The molecule has 0 rings (SSSR count). The standard InChI is InChI=1S/C6H15O2Si.3ClH.Zr/c1-6(2,3)8-9(4,5)7;;;;/h1-5H3;3*1H;/q-1;;;;+4/p-3. The molecule has 0 N–H and O–H groups in total. The van der Waals surface area contributed by atoms with Crippen molar-refractivity contribution in [2.75, 3.05) is 0 Å². The molecule has 0 heterocycles. The molecule has 0 aliphatic heterocycles. The van der Waals surface area contributed by atoms with Gasteiger partial charge in [-0.25, -0.2) is 0 Å². The monoisotopic (exact) mass is 342 g/mol. The van der Waals surface area contributed by atoms with E-state index in [1.807, 2.05) is 0 Å². The van der Waals surface area contributed by atoms with Crippen molar-refractivity contribution >= 4 is 8.56 Å². The molecule has 0 radical (unpaired) electrons. The SMILES string of the molecule is CC(C)(C)O[Si](C)(C)[O][Zr+3].[Cl-].[Cl-].[Cl-]. The summed E-state index contributed by atoms with van der Waals surface area (Å²) in [5.74, 6) is 0. The Morgan fingerprint density at radius 2 is 1.31 bits per heavy atom. The minimum atomic E-state index is -1.77. The summed E-state index contributed by atoms with van der Waals surface area (Å²) in [6.45, 7) is 10.3. The first-order valence-electron chi connectivity index (χ1n) is 3.32. The van der Waals surface area contributed by atoms with E-state index < -0.39 is 8.56 Å². The summed E-state index contributed by atoms with van der Waals surface area (Å²) in [5, 5.41) is 0. The van der Waals surface area contributed by atoms with Gasteiger partial charge in [0.05, 0.1) is 0 Å². The first-order chi connectivity index (χ1) is 4.27. The Kier molecular flexibility index (Phi) is 17.0. The predicted molar refractivity (Wildman–Crippen MR) is 39.4 cm³/mol. The van der Waals surface area contributed by atoms with Crippen LogP contribution in [0.5, 0.6) is 0 Å². The first-order valence-corrected chi connectivity index (χ1v) is 7.14. The molecule has 0 unspecified atom stereocenters. The van der Waals surface area contributed by atoms with E-state index in [0.717, 1.165) is 25.2 Å².